The van der Waals surface area contributed by atoms with Crippen molar-refractivity contribution in [2.45, 2.75) is 59.3 Å². The van der Waals surface area contributed by atoms with Gasteiger partial charge in [0, 0.05) is 13.2 Å². The summed E-state index contributed by atoms with van der Waals surface area (Å²) in [6.45, 7) is 11.0. The average Bonchev–Trinajstić information content (AvgIpc) is 2.25. The lowest BCUT2D eigenvalue weighted by Gasteiger charge is -2.06. The topological polar surface area (TPSA) is 21.3 Å². The first kappa shape index (κ1) is 15.9. The second kappa shape index (κ2) is 13.0. The fraction of sp³-hybridized carbons (Fsp3) is 1.00. The molecule has 0 aromatic rings. The highest BCUT2D eigenvalue weighted by molar-refractivity contribution is 4.48. The van der Waals surface area contributed by atoms with Gasteiger partial charge in [0.05, 0.1) is 0 Å². The molecule has 0 aliphatic carbocycles. The Labute approximate surface area is 102 Å². The molecular formula is C14H31NO. The maximum Gasteiger partial charge on any atom is 0.0466 e. The molecule has 0 aromatic heterocycles. The van der Waals surface area contributed by atoms with Crippen LogP contribution in [0.3, 0.4) is 0 Å². The summed E-state index contributed by atoms with van der Waals surface area (Å²) in [5, 5.41) is 3.40. The summed E-state index contributed by atoms with van der Waals surface area (Å²) in [7, 11) is 0. The van der Waals surface area contributed by atoms with Crippen LogP contribution in [-0.2, 0) is 4.74 Å². The van der Waals surface area contributed by atoms with Crippen LogP contribution in [0.15, 0.2) is 0 Å². The van der Waals surface area contributed by atoms with Gasteiger partial charge in [0.2, 0.25) is 0 Å². The summed E-state index contributed by atoms with van der Waals surface area (Å²) in [5.74, 6) is 0.838. The summed E-state index contributed by atoms with van der Waals surface area (Å²) in [5.41, 5.74) is 0. The molecule has 0 aromatic carbocycles. The van der Waals surface area contributed by atoms with Crippen molar-refractivity contribution in [3.8, 4) is 0 Å². The van der Waals surface area contributed by atoms with E-state index >= 15 is 0 Å². The largest absolute Gasteiger partial charge is 0.381 e. The molecular weight excluding hydrogens is 198 g/mol. The molecule has 0 amide bonds. The van der Waals surface area contributed by atoms with Gasteiger partial charge in [-0.25, -0.2) is 0 Å². The van der Waals surface area contributed by atoms with Gasteiger partial charge >= 0.3 is 0 Å². The van der Waals surface area contributed by atoms with Crippen molar-refractivity contribution in [3.63, 3.8) is 0 Å². The minimum Gasteiger partial charge on any atom is -0.381 e. The van der Waals surface area contributed by atoms with Crippen LogP contribution in [0.5, 0.6) is 0 Å². The third-order valence-corrected chi connectivity index (χ3v) is 2.64. The number of nitrogens with one attached hydrogen (secondary N) is 1. The van der Waals surface area contributed by atoms with Gasteiger partial charge in [0.1, 0.15) is 0 Å². The van der Waals surface area contributed by atoms with Gasteiger partial charge < -0.3 is 10.1 Å². The Hall–Kier alpha value is -0.0800. The number of rotatable bonds is 12. The van der Waals surface area contributed by atoms with Crippen LogP contribution in [0.2, 0.25) is 0 Å². The summed E-state index contributed by atoms with van der Waals surface area (Å²) in [6, 6.07) is 0. The third kappa shape index (κ3) is 13.9. The van der Waals surface area contributed by atoms with Crippen molar-refractivity contribution in [2.24, 2.45) is 5.92 Å². The SMILES string of the molecule is CCCNCCCCOCCCCC(C)C. The van der Waals surface area contributed by atoms with E-state index in [0.29, 0.717) is 0 Å². The first-order chi connectivity index (χ1) is 7.77. The number of ether oxygens (including phenoxy) is 1. The molecule has 0 saturated carbocycles. The fourth-order valence-electron chi connectivity index (χ4n) is 1.61. The number of unbranched alkanes of at least 4 members (excludes halogenated alkanes) is 2. The lowest BCUT2D eigenvalue weighted by Crippen LogP contribution is -2.16. The first-order valence-electron chi connectivity index (χ1n) is 7.05. The van der Waals surface area contributed by atoms with E-state index in [-0.39, 0.29) is 0 Å². The highest BCUT2D eigenvalue weighted by Crippen LogP contribution is 2.06. The molecule has 0 saturated heterocycles. The summed E-state index contributed by atoms with van der Waals surface area (Å²) < 4.78 is 5.59. The summed E-state index contributed by atoms with van der Waals surface area (Å²) >= 11 is 0. The van der Waals surface area contributed by atoms with E-state index in [1.807, 2.05) is 0 Å². The molecule has 1 N–H and O–H groups in total. The van der Waals surface area contributed by atoms with Crippen LogP contribution in [0.4, 0.5) is 0 Å². The molecule has 0 radical (unpaired) electrons. The predicted molar refractivity (Wildman–Crippen MR) is 71.9 cm³/mol. The monoisotopic (exact) mass is 229 g/mol. The van der Waals surface area contributed by atoms with E-state index in [1.165, 1.54) is 38.5 Å². The minimum absolute atomic E-state index is 0.838. The van der Waals surface area contributed by atoms with E-state index in [4.69, 9.17) is 4.74 Å². The van der Waals surface area contributed by atoms with Gasteiger partial charge in [-0.15, -0.1) is 0 Å². The molecule has 0 bridgehead atoms. The number of hydrogen-bond donors (Lipinski definition) is 1. The van der Waals surface area contributed by atoms with Crippen molar-refractivity contribution >= 4 is 0 Å². The molecule has 0 aliphatic heterocycles. The molecule has 2 nitrogen and oxygen atoms in total. The van der Waals surface area contributed by atoms with Gasteiger partial charge in [0.25, 0.3) is 0 Å². The normalized spacial score (nSPS) is 11.2. The standard InChI is InChI=1S/C14H31NO/c1-4-10-15-11-6-8-13-16-12-7-5-9-14(2)3/h14-15H,4-13H2,1-3H3. The number of hydrogen-bond acceptors (Lipinski definition) is 2. The highest BCUT2D eigenvalue weighted by Gasteiger charge is 1.94. The van der Waals surface area contributed by atoms with Crippen molar-refractivity contribution in [1.29, 1.82) is 0 Å². The zero-order valence-corrected chi connectivity index (χ0v) is 11.6. The Balaban J connectivity index is 2.88. The Bertz CT molecular complexity index is 126. The van der Waals surface area contributed by atoms with Crippen LogP contribution < -0.4 is 5.32 Å². The molecule has 16 heavy (non-hydrogen) atoms. The second-order valence-electron chi connectivity index (χ2n) is 4.96. The average molecular weight is 229 g/mol. The second-order valence-corrected chi connectivity index (χ2v) is 4.96. The van der Waals surface area contributed by atoms with Crippen molar-refractivity contribution in [3.05, 3.63) is 0 Å². The van der Waals surface area contributed by atoms with E-state index in [2.05, 4.69) is 26.1 Å². The third-order valence-electron chi connectivity index (χ3n) is 2.64. The van der Waals surface area contributed by atoms with Crippen LogP contribution in [-0.4, -0.2) is 26.3 Å². The zero-order chi connectivity index (χ0) is 12.1. The Morgan fingerprint density at radius 3 is 2.25 bits per heavy atom. The lowest BCUT2D eigenvalue weighted by atomic mass is 10.1. The maximum absolute atomic E-state index is 5.59. The molecule has 0 heterocycles. The van der Waals surface area contributed by atoms with Gasteiger partial charge in [-0.3, -0.25) is 0 Å². The van der Waals surface area contributed by atoms with Crippen LogP contribution in [0.1, 0.15) is 59.3 Å². The molecule has 0 aliphatic rings. The van der Waals surface area contributed by atoms with E-state index in [1.54, 1.807) is 0 Å². The van der Waals surface area contributed by atoms with Crippen LogP contribution in [0, 0.1) is 5.92 Å². The molecule has 0 spiro atoms. The molecule has 0 unspecified atom stereocenters. The van der Waals surface area contributed by atoms with Gasteiger partial charge in [-0.1, -0.05) is 33.6 Å². The minimum atomic E-state index is 0.838. The molecule has 98 valence electrons. The molecule has 0 fully saturated rings. The van der Waals surface area contributed by atoms with Crippen molar-refractivity contribution in [2.75, 3.05) is 26.3 Å². The van der Waals surface area contributed by atoms with Gasteiger partial charge in [-0.05, 0) is 44.7 Å². The Kier molecular flexibility index (Phi) is 12.9. The van der Waals surface area contributed by atoms with Gasteiger partial charge in [-0.2, -0.15) is 0 Å². The molecule has 0 rings (SSSR count). The fourth-order valence-corrected chi connectivity index (χ4v) is 1.61. The lowest BCUT2D eigenvalue weighted by molar-refractivity contribution is 0.125. The predicted octanol–water partition coefficient (Wildman–Crippen LogP) is 3.61. The van der Waals surface area contributed by atoms with E-state index in [9.17, 15) is 0 Å². The summed E-state index contributed by atoms with van der Waals surface area (Å²) in [4.78, 5) is 0. The zero-order valence-electron chi connectivity index (χ0n) is 11.6. The first-order valence-corrected chi connectivity index (χ1v) is 7.05. The summed E-state index contributed by atoms with van der Waals surface area (Å²) in [6.07, 6.45) is 7.55. The Morgan fingerprint density at radius 1 is 0.938 bits per heavy atom. The Morgan fingerprint density at radius 2 is 1.62 bits per heavy atom. The van der Waals surface area contributed by atoms with E-state index < -0.39 is 0 Å². The van der Waals surface area contributed by atoms with Crippen LogP contribution >= 0.6 is 0 Å². The van der Waals surface area contributed by atoms with E-state index in [0.717, 1.165) is 32.2 Å². The van der Waals surface area contributed by atoms with Crippen molar-refractivity contribution in [1.82, 2.24) is 5.32 Å². The highest BCUT2D eigenvalue weighted by atomic mass is 16.5. The smallest absolute Gasteiger partial charge is 0.0466 e. The quantitative estimate of drug-likeness (QED) is 0.516. The van der Waals surface area contributed by atoms with Gasteiger partial charge in [0.15, 0.2) is 0 Å². The maximum atomic E-state index is 5.59. The van der Waals surface area contributed by atoms with Crippen LogP contribution in [0.25, 0.3) is 0 Å². The molecule has 0 atom stereocenters. The van der Waals surface area contributed by atoms with Crippen molar-refractivity contribution < 1.29 is 4.74 Å². The molecule has 2 heteroatoms.